The fourth-order valence-corrected chi connectivity index (χ4v) is 3.59. The van der Waals surface area contributed by atoms with Crippen LogP contribution >= 0.6 is 0 Å². The second-order valence-corrected chi connectivity index (χ2v) is 7.42. The number of alkyl halides is 2. The van der Waals surface area contributed by atoms with Crippen molar-refractivity contribution in [3.05, 3.63) is 47.5 Å². The number of hydrogen-bond donors (Lipinski definition) is 0. The summed E-state index contributed by atoms with van der Waals surface area (Å²) in [6.45, 7) is 0.460. The number of nitrogens with zero attached hydrogens (tertiary/aromatic N) is 2. The number of aryl methyl sites for hydroxylation is 1. The van der Waals surface area contributed by atoms with Gasteiger partial charge in [-0.3, -0.25) is 14.7 Å². The monoisotopic (exact) mass is 408 g/mol. The van der Waals surface area contributed by atoms with E-state index in [-0.39, 0.29) is 0 Å². The van der Waals surface area contributed by atoms with Crippen molar-refractivity contribution in [2.45, 2.75) is 44.9 Å². The fourth-order valence-electron chi connectivity index (χ4n) is 3.59. The van der Waals surface area contributed by atoms with Gasteiger partial charge in [0.1, 0.15) is 5.60 Å². The molecule has 1 fully saturated rings. The number of ether oxygens (including phenoxy) is 2. The lowest BCUT2D eigenvalue weighted by Gasteiger charge is -2.42. The molecular formula is C21H23F3N2O3. The first kappa shape index (κ1) is 21.1. The van der Waals surface area contributed by atoms with Gasteiger partial charge in [0.15, 0.2) is 11.6 Å². The molecule has 1 saturated carbocycles. The Kier molecular flexibility index (Phi) is 6.42. The Morgan fingerprint density at radius 2 is 2.03 bits per heavy atom. The van der Waals surface area contributed by atoms with Crippen molar-refractivity contribution in [3.63, 3.8) is 0 Å². The smallest absolute Gasteiger partial charge is 0.387 e. The average Bonchev–Trinajstić information content (AvgIpc) is 2.63. The van der Waals surface area contributed by atoms with Crippen LogP contribution in [0.5, 0.6) is 5.75 Å². The number of aromatic nitrogens is 1. The second kappa shape index (κ2) is 8.82. The zero-order valence-electron chi connectivity index (χ0n) is 16.3. The molecule has 8 heteroatoms. The first-order chi connectivity index (χ1) is 13.8. The molecule has 1 aliphatic rings. The molecule has 0 bridgehead atoms. The van der Waals surface area contributed by atoms with E-state index in [4.69, 9.17) is 4.74 Å². The molecule has 0 atom stereocenters. The molecule has 1 aromatic carbocycles. The minimum absolute atomic E-state index is 0.423. The Bertz CT molecular complexity index is 872. The molecule has 1 heterocycles. The van der Waals surface area contributed by atoms with Gasteiger partial charge in [-0.2, -0.15) is 8.78 Å². The summed E-state index contributed by atoms with van der Waals surface area (Å²) in [5, 5.41) is 0. The van der Waals surface area contributed by atoms with E-state index in [1.807, 2.05) is 20.0 Å². The molecule has 0 unspecified atom stereocenters. The molecule has 1 aromatic heterocycles. The molecule has 156 valence electrons. The SMILES string of the molecule is Cc1ncc(-c2ccc(F)c(OC(F)F)c2)cc1CN(C)CC1(OC=O)CCC1. The average molecular weight is 408 g/mol. The van der Waals surface area contributed by atoms with E-state index in [0.29, 0.717) is 30.7 Å². The van der Waals surface area contributed by atoms with Crippen LogP contribution in [-0.2, 0) is 16.1 Å². The Labute approximate surface area is 167 Å². The largest absolute Gasteiger partial charge is 0.460 e. The molecule has 1 aliphatic carbocycles. The van der Waals surface area contributed by atoms with Gasteiger partial charge in [0.2, 0.25) is 0 Å². The molecule has 3 rings (SSSR count). The minimum atomic E-state index is -3.10. The lowest BCUT2D eigenvalue weighted by Crippen LogP contribution is -2.48. The number of carbonyl (C=O) groups excluding carboxylic acids is 1. The quantitative estimate of drug-likeness (QED) is 0.579. The highest BCUT2D eigenvalue weighted by atomic mass is 19.3. The predicted molar refractivity (Wildman–Crippen MR) is 101 cm³/mol. The molecule has 5 nitrogen and oxygen atoms in total. The number of halogens is 3. The van der Waals surface area contributed by atoms with Crippen LogP contribution < -0.4 is 4.74 Å². The number of benzene rings is 1. The summed E-state index contributed by atoms with van der Waals surface area (Å²) in [5.41, 5.74) is 2.53. The summed E-state index contributed by atoms with van der Waals surface area (Å²) in [6, 6.07) is 5.72. The van der Waals surface area contributed by atoms with Crippen molar-refractivity contribution in [2.75, 3.05) is 13.6 Å². The van der Waals surface area contributed by atoms with E-state index in [0.717, 1.165) is 36.6 Å². The van der Waals surface area contributed by atoms with Crippen LogP contribution in [0.2, 0.25) is 0 Å². The van der Waals surface area contributed by atoms with Crippen LogP contribution in [0.15, 0.2) is 30.5 Å². The van der Waals surface area contributed by atoms with E-state index in [1.54, 1.807) is 6.20 Å². The van der Waals surface area contributed by atoms with Crippen molar-refractivity contribution < 1.29 is 27.4 Å². The van der Waals surface area contributed by atoms with Gasteiger partial charge in [0.05, 0.1) is 0 Å². The third kappa shape index (κ3) is 5.06. The number of hydrogen-bond acceptors (Lipinski definition) is 5. The maximum Gasteiger partial charge on any atom is 0.387 e. The second-order valence-electron chi connectivity index (χ2n) is 7.42. The molecule has 0 saturated heterocycles. The Morgan fingerprint density at radius 3 is 2.66 bits per heavy atom. The van der Waals surface area contributed by atoms with Gasteiger partial charge >= 0.3 is 6.61 Å². The normalized spacial score (nSPS) is 15.3. The molecule has 0 amide bonds. The van der Waals surface area contributed by atoms with E-state index in [2.05, 4.69) is 14.6 Å². The molecule has 29 heavy (non-hydrogen) atoms. The third-order valence-corrected chi connectivity index (χ3v) is 5.23. The highest BCUT2D eigenvalue weighted by Crippen LogP contribution is 2.36. The first-order valence-corrected chi connectivity index (χ1v) is 9.32. The number of likely N-dealkylation sites (N-methyl/N-ethyl adjacent to an activating group) is 1. The summed E-state index contributed by atoms with van der Waals surface area (Å²) in [5.74, 6) is -1.36. The maximum absolute atomic E-state index is 13.7. The Balaban J connectivity index is 1.78. The van der Waals surface area contributed by atoms with Gasteiger partial charge in [-0.25, -0.2) is 4.39 Å². The zero-order valence-corrected chi connectivity index (χ0v) is 16.3. The molecule has 0 radical (unpaired) electrons. The zero-order chi connectivity index (χ0) is 21.0. The fraction of sp³-hybridized carbons (Fsp3) is 0.429. The van der Waals surface area contributed by atoms with E-state index in [9.17, 15) is 18.0 Å². The van der Waals surface area contributed by atoms with Crippen molar-refractivity contribution in [1.82, 2.24) is 9.88 Å². The van der Waals surface area contributed by atoms with Crippen molar-refractivity contribution in [3.8, 4) is 16.9 Å². The van der Waals surface area contributed by atoms with Crippen LogP contribution in [0.4, 0.5) is 13.2 Å². The van der Waals surface area contributed by atoms with Gasteiger partial charge in [-0.1, -0.05) is 6.07 Å². The summed E-state index contributed by atoms with van der Waals surface area (Å²) >= 11 is 0. The third-order valence-electron chi connectivity index (χ3n) is 5.23. The Morgan fingerprint density at radius 1 is 1.28 bits per heavy atom. The topological polar surface area (TPSA) is 51.7 Å². The van der Waals surface area contributed by atoms with Crippen LogP contribution in [-0.4, -0.2) is 42.2 Å². The summed E-state index contributed by atoms with van der Waals surface area (Å²) in [6.07, 6.45) is 4.33. The predicted octanol–water partition coefficient (Wildman–Crippen LogP) is 4.33. The van der Waals surface area contributed by atoms with Gasteiger partial charge < -0.3 is 9.47 Å². The molecule has 0 spiro atoms. The van der Waals surface area contributed by atoms with Crippen molar-refractivity contribution in [1.29, 1.82) is 0 Å². The lowest BCUT2D eigenvalue weighted by molar-refractivity contribution is -0.156. The van der Waals surface area contributed by atoms with Gasteiger partial charge in [-0.15, -0.1) is 0 Å². The number of pyridine rings is 1. The Hall–Kier alpha value is -2.61. The van der Waals surface area contributed by atoms with Gasteiger partial charge in [0, 0.05) is 30.5 Å². The van der Waals surface area contributed by atoms with E-state index in [1.165, 1.54) is 12.1 Å². The minimum Gasteiger partial charge on any atom is -0.460 e. The standard InChI is InChI=1S/C21H23F3N2O3/c1-14-17(11-26(2)12-21(28-13-27)6-3-7-21)8-16(10-25-14)15-4-5-18(22)19(9-15)29-20(23)24/h4-5,8-10,13,20H,3,6-7,11-12H2,1-2H3. The highest BCUT2D eigenvalue weighted by Gasteiger charge is 2.40. The maximum atomic E-state index is 13.7. The van der Waals surface area contributed by atoms with E-state index < -0.39 is 23.8 Å². The van der Waals surface area contributed by atoms with Crippen LogP contribution in [0.25, 0.3) is 11.1 Å². The van der Waals surface area contributed by atoms with Gasteiger partial charge in [-0.05, 0) is 62.6 Å². The van der Waals surface area contributed by atoms with E-state index >= 15 is 0 Å². The number of carbonyl (C=O) groups is 1. The van der Waals surface area contributed by atoms with Crippen molar-refractivity contribution in [2.24, 2.45) is 0 Å². The summed E-state index contributed by atoms with van der Waals surface area (Å²) in [4.78, 5) is 17.2. The molecule has 0 aliphatic heterocycles. The molecule has 2 aromatic rings. The summed E-state index contributed by atoms with van der Waals surface area (Å²) in [7, 11) is 1.94. The first-order valence-electron chi connectivity index (χ1n) is 9.32. The van der Waals surface area contributed by atoms with Gasteiger partial charge in [0.25, 0.3) is 6.47 Å². The van der Waals surface area contributed by atoms with Crippen molar-refractivity contribution >= 4 is 6.47 Å². The molecular weight excluding hydrogens is 385 g/mol. The van der Waals surface area contributed by atoms with Crippen LogP contribution in [0.1, 0.15) is 30.5 Å². The van der Waals surface area contributed by atoms with Crippen LogP contribution in [0.3, 0.4) is 0 Å². The van der Waals surface area contributed by atoms with Crippen LogP contribution in [0, 0.1) is 12.7 Å². The lowest BCUT2D eigenvalue weighted by atomic mass is 9.79. The summed E-state index contributed by atoms with van der Waals surface area (Å²) < 4.78 is 48.2. The highest BCUT2D eigenvalue weighted by molar-refractivity contribution is 5.65. The number of rotatable bonds is 9. The molecule has 0 N–H and O–H groups in total.